The first-order valence-corrected chi connectivity index (χ1v) is 8.39. The molecule has 2 atom stereocenters. The molecule has 1 aliphatic rings. The molecule has 0 radical (unpaired) electrons. The average Bonchev–Trinajstić information content (AvgIpc) is 2.54. The maximum atomic E-state index is 5.79. The van der Waals surface area contributed by atoms with Crippen LogP contribution in [-0.2, 0) is 11.2 Å². The second kappa shape index (κ2) is 9.19. The van der Waals surface area contributed by atoms with Gasteiger partial charge in [0.05, 0.1) is 6.10 Å². The fourth-order valence-corrected chi connectivity index (χ4v) is 3.18. The summed E-state index contributed by atoms with van der Waals surface area (Å²) in [5.41, 5.74) is 7.21. The van der Waals surface area contributed by atoms with Gasteiger partial charge in [-0.15, -0.1) is 0 Å². The van der Waals surface area contributed by atoms with Crippen molar-refractivity contribution in [3.8, 4) is 0 Å². The second-order valence-electron chi connectivity index (χ2n) is 6.12. The van der Waals surface area contributed by atoms with E-state index in [2.05, 4.69) is 42.2 Å². The van der Waals surface area contributed by atoms with Crippen LogP contribution < -0.4 is 5.73 Å². The van der Waals surface area contributed by atoms with Crippen LogP contribution in [0.3, 0.4) is 0 Å². The highest BCUT2D eigenvalue weighted by atomic mass is 16.5. The molecule has 2 rings (SSSR count). The van der Waals surface area contributed by atoms with Crippen molar-refractivity contribution in [3.05, 3.63) is 35.9 Å². The van der Waals surface area contributed by atoms with Gasteiger partial charge < -0.3 is 15.4 Å². The van der Waals surface area contributed by atoms with Crippen molar-refractivity contribution in [2.24, 2.45) is 11.7 Å². The van der Waals surface area contributed by atoms with Crippen LogP contribution in [-0.4, -0.2) is 43.8 Å². The van der Waals surface area contributed by atoms with Gasteiger partial charge in [-0.3, -0.25) is 0 Å². The molecule has 0 saturated carbocycles. The summed E-state index contributed by atoms with van der Waals surface area (Å²) in [6, 6.07) is 10.7. The number of rotatable bonds is 8. The molecule has 2 N–H and O–H groups in total. The van der Waals surface area contributed by atoms with E-state index in [1.165, 1.54) is 24.9 Å². The molecule has 1 heterocycles. The van der Waals surface area contributed by atoms with Crippen LogP contribution in [0.5, 0.6) is 0 Å². The van der Waals surface area contributed by atoms with Crippen molar-refractivity contribution in [3.63, 3.8) is 0 Å². The Morgan fingerprint density at radius 1 is 1.24 bits per heavy atom. The van der Waals surface area contributed by atoms with Crippen molar-refractivity contribution in [2.75, 3.05) is 32.8 Å². The summed E-state index contributed by atoms with van der Waals surface area (Å²) >= 11 is 0. The summed E-state index contributed by atoms with van der Waals surface area (Å²) < 4.78 is 5.78. The summed E-state index contributed by atoms with van der Waals surface area (Å²) in [6.07, 6.45) is 5.13. The molecule has 1 fully saturated rings. The fourth-order valence-electron chi connectivity index (χ4n) is 3.18. The molecule has 0 aromatic heterocycles. The zero-order valence-corrected chi connectivity index (χ0v) is 13.3. The van der Waals surface area contributed by atoms with E-state index in [9.17, 15) is 0 Å². The Balaban J connectivity index is 1.80. The molecule has 1 aromatic rings. The highest BCUT2D eigenvalue weighted by Gasteiger charge is 2.23. The van der Waals surface area contributed by atoms with Crippen molar-refractivity contribution in [2.45, 2.75) is 38.7 Å². The Morgan fingerprint density at radius 3 is 2.76 bits per heavy atom. The number of hydrogen-bond donors (Lipinski definition) is 1. The first-order valence-electron chi connectivity index (χ1n) is 8.39. The summed E-state index contributed by atoms with van der Waals surface area (Å²) in [7, 11) is 0. The maximum Gasteiger partial charge on any atom is 0.0575 e. The quantitative estimate of drug-likeness (QED) is 0.800. The summed E-state index contributed by atoms with van der Waals surface area (Å²) in [5, 5.41) is 0. The molecule has 1 aliphatic heterocycles. The third kappa shape index (κ3) is 5.77. The standard InChI is InChI=1S/C18H30N2O/c1-2-18-14-17(9-13-21-18)15-20(12-10-19)11-8-16-6-4-3-5-7-16/h3-7,17-18H,2,8-15,19H2,1H3. The lowest BCUT2D eigenvalue weighted by molar-refractivity contribution is -0.0174. The minimum atomic E-state index is 0.470. The number of nitrogens with two attached hydrogens (primary N) is 1. The second-order valence-corrected chi connectivity index (χ2v) is 6.12. The molecule has 3 heteroatoms. The molecule has 0 aliphatic carbocycles. The Labute approximate surface area is 129 Å². The van der Waals surface area contributed by atoms with Crippen LogP contribution in [0.2, 0.25) is 0 Å². The van der Waals surface area contributed by atoms with Gasteiger partial charge in [0.1, 0.15) is 0 Å². The number of nitrogens with zero attached hydrogens (tertiary/aromatic N) is 1. The molecule has 3 nitrogen and oxygen atoms in total. The van der Waals surface area contributed by atoms with Crippen molar-refractivity contribution < 1.29 is 4.74 Å². The van der Waals surface area contributed by atoms with Gasteiger partial charge >= 0.3 is 0 Å². The Morgan fingerprint density at radius 2 is 2.05 bits per heavy atom. The van der Waals surface area contributed by atoms with Crippen LogP contribution in [0.1, 0.15) is 31.7 Å². The average molecular weight is 290 g/mol. The minimum absolute atomic E-state index is 0.470. The van der Waals surface area contributed by atoms with Crippen LogP contribution >= 0.6 is 0 Å². The molecular weight excluding hydrogens is 260 g/mol. The molecule has 0 bridgehead atoms. The maximum absolute atomic E-state index is 5.79. The Kier molecular flexibility index (Phi) is 7.20. The largest absolute Gasteiger partial charge is 0.378 e. The monoisotopic (exact) mass is 290 g/mol. The smallest absolute Gasteiger partial charge is 0.0575 e. The fraction of sp³-hybridized carbons (Fsp3) is 0.667. The van der Waals surface area contributed by atoms with Crippen LogP contribution in [0.4, 0.5) is 0 Å². The lowest BCUT2D eigenvalue weighted by Crippen LogP contribution is -2.38. The summed E-state index contributed by atoms with van der Waals surface area (Å²) in [6.45, 7) is 7.17. The van der Waals surface area contributed by atoms with Gasteiger partial charge in [0.2, 0.25) is 0 Å². The van der Waals surface area contributed by atoms with Crippen LogP contribution in [0.25, 0.3) is 0 Å². The van der Waals surface area contributed by atoms with Crippen molar-refractivity contribution in [1.82, 2.24) is 4.90 Å². The van der Waals surface area contributed by atoms with Gasteiger partial charge in [0.25, 0.3) is 0 Å². The van der Waals surface area contributed by atoms with E-state index >= 15 is 0 Å². The van der Waals surface area contributed by atoms with Crippen LogP contribution in [0, 0.1) is 5.92 Å². The van der Waals surface area contributed by atoms with E-state index in [0.717, 1.165) is 45.0 Å². The van der Waals surface area contributed by atoms with E-state index in [-0.39, 0.29) is 0 Å². The molecular formula is C18H30N2O. The van der Waals surface area contributed by atoms with E-state index in [1.807, 2.05) is 0 Å². The highest BCUT2D eigenvalue weighted by Crippen LogP contribution is 2.23. The van der Waals surface area contributed by atoms with Crippen molar-refractivity contribution >= 4 is 0 Å². The van der Waals surface area contributed by atoms with Crippen molar-refractivity contribution in [1.29, 1.82) is 0 Å². The molecule has 2 unspecified atom stereocenters. The number of benzene rings is 1. The molecule has 1 aromatic carbocycles. The zero-order valence-electron chi connectivity index (χ0n) is 13.3. The lowest BCUT2D eigenvalue weighted by Gasteiger charge is -2.33. The molecule has 0 spiro atoms. The topological polar surface area (TPSA) is 38.5 Å². The minimum Gasteiger partial charge on any atom is -0.378 e. The highest BCUT2D eigenvalue weighted by molar-refractivity contribution is 5.14. The van der Waals surface area contributed by atoms with Gasteiger partial charge in [-0.1, -0.05) is 37.3 Å². The van der Waals surface area contributed by atoms with Gasteiger partial charge in [0, 0.05) is 32.8 Å². The van der Waals surface area contributed by atoms with Gasteiger partial charge in [-0.05, 0) is 37.2 Å². The number of hydrogen-bond acceptors (Lipinski definition) is 3. The zero-order chi connectivity index (χ0) is 14.9. The normalized spacial score (nSPS) is 22.6. The third-order valence-electron chi connectivity index (χ3n) is 4.45. The van der Waals surface area contributed by atoms with E-state index in [0.29, 0.717) is 6.10 Å². The van der Waals surface area contributed by atoms with E-state index in [1.54, 1.807) is 0 Å². The Hall–Kier alpha value is -0.900. The Bertz CT molecular complexity index is 382. The van der Waals surface area contributed by atoms with Gasteiger partial charge in [-0.2, -0.15) is 0 Å². The summed E-state index contributed by atoms with van der Waals surface area (Å²) in [5.74, 6) is 0.769. The van der Waals surface area contributed by atoms with E-state index < -0.39 is 0 Å². The molecule has 0 amide bonds. The van der Waals surface area contributed by atoms with Gasteiger partial charge in [0.15, 0.2) is 0 Å². The van der Waals surface area contributed by atoms with Crippen LogP contribution in [0.15, 0.2) is 30.3 Å². The third-order valence-corrected chi connectivity index (χ3v) is 4.45. The number of ether oxygens (including phenoxy) is 1. The van der Waals surface area contributed by atoms with E-state index in [4.69, 9.17) is 10.5 Å². The molecule has 1 saturated heterocycles. The summed E-state index contributed by atoms with van der Waals surface area (Å²) in [4.78, 5) is 2.54. The SMILES string of the molecule is CCC1CC(CN(CCN)CCc2ccccc2)CCO1. The predicted molar refractivity (Wildman–Crippen MR) is 88.4 cm³/mol. The molecule has 118 valence electrons. The lowest BCUT2D eigenvalue weighted by atomic mass is 9.93. The molecule has 21 heavy (non-hydrogen) atoms. The first kappa shape index (κ1) is 16.5. The first-order chi connectivity index (χ1) is 10.3. The van der Waals surface area contributed by atoms with Gasteiger partial charge in [-0.25, -0.2) is 0 Å². The predicted octanol–water partition coefficient (Wildman–Crippen LogP) is 2.70.